The van der Waals surface area contributed by atoms with Crippen LogP contribution in [0.3, 0.4) is 0 Å². The first-order chi connectivity index (χ1) is 9.29. The van der Waals surface area contributed by atoms with Crippen molar-refractivity contribution in [2.75, 3.05) is 0 Å². The third-order valence-corrected chi connectivity index (χ3v) is 5.35. The normalized spacial score (nSPS) is 34.5. The molecule has 1 aromatic rings. The van der Waals surface area contributed by atoms with Crippen LogP contribution in [0.5, 0.6) is 5.75 Å². The number of rotatable bonds is 4. The van der Waals surface area contributed by atoms with E-state index in [-0.39, 0.29) is 6.04 Å². The van der Waals surface area contributed by atoms with Crippen LogP contribution in [0.2, 0.25) is 0 Å². The molecule has 3 aliphatic rings. The summed E-state index contributed by atoms with van der Waals surface area (Å²) in [6, 6.07) is 8.77. The largest absolute Gasteiger partial charge is 0.490 e. The molecular formula is C17H23NO. The summed E-state index contributed by atoms with van der Waals surface area (Å²) in [6.07, 6.45) is 8.55. The number of fused-ring (bicyclic) bond motifs is 2. The van der Waals surface area contributed by atoms with Gasteiger partial charge < -0.3 is 10.5 Å². The summed E-state index contributed by atoms with van der Waals surface area (Å²) >= 11 is 0. The maximum absolute atomic E-state index is 6.51. The van der Waals surface area contributed by atoms with Crippen LogP contribution in [0.15, 0.2) is 24.3 Å². The van der Waals surface area contributed by atoms with E-state index in [1.165, 1.54) is 44.1 Å². The summed E-state index contributed by atoms with van der Waals surface area (Å²) in [5.41, 5.74) is 7.80. The van der Waals surface area contributed by atoms with E-state index in [1.807, 2.05) is 0 Å². The Morgan fingerprint density at radius 3 is 2.37 bits per heavy atom. The molecule has 0 radical (unpaired) electrons. The minimum Gasteiger partial charge on any atom is -0.490 e. The number of nitrogens with two attached hydrogens (primary N) is 1. The zero-order chi connectivity index (χ0) is 12.8. The Balaban J connectivity index is 1.45. The molecule has 2 nitrogen and oxygen atoms in total. The summed E-state index contributed by atoms with van der Waals surface area (Å²) in [4.78, 5) is 0. The molecule has 2 heteroatoms. The van der Waals surface area contributed by atoms with Crippen LogP contribution in [0, 0.1) is 17.8 Å². The first-order valence-corrected chi connectivity index (χ1v) is 7.82. The fourth-order valence-corrected chi connectivity index (χ4v) is 4.13. The Bertz CT molecular complexity index is 451. The number of ether oxygens (including phenoxy) is 1. The van der Waals surface area contributed by atoms with E-state index in [1.54, 1.807) is 0 Å². The molecule has 0 saturated heterocycles. The Kier molecular flexibility index (Phi) is 2.80. The van der Waals surface area contributed by atoms with Crippen molar-refractivity contribution >= 4 is 0 Å². The zero-order valence-electron chi connectivity index (χ0n) is 11.4. The van der Waals surface area contributed by atoms with Gasteiger partial charge in [-0.2, -0.15) is 0 Å². The van der Waals surface area contributed by atoms with E-state index in [0.29, 0.717) is 12.0 Å². The third kappa shape index (κ3) is 2.27. The SMILES string of the molecule is NC(c1ccc(OC2CC2)cc1)C1CC2CCC1C2. The van der Waals surface area contributed by atoms with Gasteiger partial charge in [-0.1, -0.05) is 18.6 Å². The van der Waals surface area contributed by atoms with Crippen molar-refractivity contribution in [3.05, 3.63) is 29.8 Å². The van der Waals surface area contributed by atoms with Gasteiger partial charge in [0.15, 0.2) is 0 Å². The van der Waals surface area contributed by atoms with Crippen molar-refractivity contribution in [2.24, 2.45) is 23.5 Å². The van der Waals surface area contributed by atoms with E-state index >= 15 is 0 Å². The third-order valence-electron chi connectivity index (χ3n) is 5.35. The molecule has 0 heterocycles. The average Bonchev–Trinajstić information content (AvgIpc) is 3.01. The Morgan fingerprint density at radius 1 is 1.00 bits per heavy atom. The molecule has 4 atom stereocenters. The van der Waals surface area contributed by atoms with Gasteiger partial charge in [0.05, 0.1) is 6.10 Å². The van der Waals surface area contributed by atoms with Gasteiger partial charge in [0.2, 0.25) is 0 Å². The van der Waals surface area contributed by atoms with Crippen molar-refractivity contribution in [3.8, 4) is 5.75 Å². The molecule has 3 aliphatic carbocycles. The van der Waals surface area contributed by atoms with Crippen LogP contribution in [-0.2, 0) is 0 Å². The molecule has 0 aromatic heterocycles. The number of benzene rings is 1. The molecule has 0 spiro atoms. The highest BCUT2D eigenvalue weighted by Crippen LogP contribution is 2.52. The molecule has 102 valence electrons. The van der Waals surface area contributed by atoms with Crippen LogP contribution in [-0.4, -0.2) is 6.10 Å². The Hall–Kier alpha value is -1.02. The lowest BCUT2D eigenvalue weighted by Gasteiger charge is -2.28. The molecule has 2 N–H and O–H groups in total. The summed E-state index contributed by atoms with van der Waals surface area (Å²) in [5, 5.41) is 0. The average molecular weight is 257 g/mol. The molecule has 4 rings (SSSR count). The highest BCUT2D eigenvalue weighted by Gasteiger charge is 2.42. The summed E-state index contributed by atoms with van der Waals surface area (Å²) in [6.45, 7) is 0. The molecule has 2 bridgehead atoms. The quantitative estimate of drug-likeness (QED) is 0.893. The van der Waals surface area contributed by atoms with Crippen LogP contribution in [0.25, 0.3) is 0 Å². The van der Waals surface area contributed by atoms with E-state index < -0.39 is 0 Å². The smallest absolute Gasteiger partial charge is 0.119 e. The van der Waals surface area contributed by atoms with Crippen molar-refractivity contribution < 1.29 is 4.74 Å². The van der Waals surface area contributed by atoms with Gasteiger partial charge in [-0.3, -0.25) is 0 Å². The molecule has 19 heavy (non-hydrogen) atoms. The van der Waals surface area contributed by atoms with Crippen LogP contribution in [0.4, 0.5) is 0 Å². The molecular weight excluding hydrogens is 234 g/mol. The first kappa shape index (κ1) is 11.8. The second-order valence-electron chi connectivity index (χ2n) is 6.75. The van der Waals surface area contributed by atoms with Gasteiger partial charge in [-0.05, 0) is 67.6 Å². The molecule has 0 amide bonds. The standard InChI is InChI=1S/C17H23NO/c18-17(16-10-11-1-2-13(16)9-11)12-3-5-14(6-4-12)19-15-7-8-15/h3-6,11,13,15-17H,1-2,7-10,18H2. The summed E-state index contributed by atoms with van der Waals surface area (Å²) < 4.78 is 5.79. The van der Waals surface area contributed by atoms with Gasteiger partial charge in [0.25, 0.3) is 0 Å². The number of hydrogen-bond acceptors (Lipinski definition) is 2. The van der Waals surface area contributed by atoms with Gasteiger partial charge in [-0.15, -0.1) is 0 Å². The van der Waals surface area contributed by atoms with E-state index in [9.17, 15) is 0 Å². The lowest BCUT2D eigenvalue weighted by atomic mass is 9.81. The fraction of sp³-hybridized carbons (Fsp3) is 0.647. The Labute approximate surface area is 115 Å². The molecule has 4 unspecified atom stereocenters. The van der Waals surface area contributed by atoms with E-state index in [4.69, 9.17) is 10.5 Å². The molecule has 1 aromatic carbocycles. The fourth-order valence-electron chi connectivity index (χ4n) is 4.13. The van der Waals surface area contributed by atoms with Crippen molar-refractivity contribution in [3.63, 3.8) is 0 Å². The predicted molar refractivity (Wildman–Crippen MR) is 76.0 cm³/mol. The van der Waals surface area contributed by atoms with Crippen LogP contribution < -0.4 is 10.5 Å². The van der Waals surface area contributed by atoms with E-state index in [0.717, 1.165) is 17.6 Å². The van der Waals surface area contributed by atoms with Gasteiger partial charge in [0, 0.05) is 6.04 Å². The second kappa shape index (κ2) is 4.52. The summed E-state index contributed by atoms with van der Waals surface area (Å²) in [5.74, 6) is 3.58. The second-order valence-corrected chi connectivity index (χ2v) is 6.75. The van der Waals surface area contributed by atoms with E-state index in [2.05, 4.69) is 24.3 Å². The van der Waals surface area contributed by atoms with Gasteiger partial charge in [-0.25, -0.2) is 0 Å². The Morgan fingerprint density at radius 2 is 1.79 bits per heavy atom. The summed E-state index contributed by atoms with van der Waals surface area (Å²) in [7, 11) is 0. The highest BCUT2D eigenvalue weighted by molar-refractivity contribution is 5.30. The number of hydrogen-bond donors (Lipinski definition) is 1. The lowest BCUT2D eigenvalue weighted by molar-refractivity contribution is 0.283. The first-order valence-electron chi connectivity index (χ1n) is 7.82. The predicted octanol–water partition coefficient (Wildman–Crippen LogP) is 3.66. The topological polar surface area (TPSA) is 35.2 Å². The zero-order valence-corrected chi connectivity index (χ0v) is 11.4. The minimum atomic E-state index is 0.227. The minimum absolute atomic E-state index is 0.227. The monoisotopic (exact) mass is 257 g/mol. The maximum atomic E-state index is 6.51. The highest BCUT2D eigenvalue weighted by atomic mass is 16.5. The van der Waals surface area contributed by atoms with Crippen molar-refractivity contribution in [2.45, 2.75) is 50.7 Å². The van der Waals surface area contributed by atoms with Gasteiger partial charge in [0.1, 0.15) is 5.75 Å². The van der Waals surface area contributed by atoms with Gasteiger partial charge >= 0.3 is 0 Å². The van der Waals surface area contributed by atoms with Crippen molar-refractivity contribution in [1.29, 1.82) is 0 Å². The van der Waals surface area contributed by atoms with Crippen LogP contribution in [0.1, 0.15) is 50.1 Å². The molecule has 3 saturated carbocycles. The lowest BCUT2D eigenvalue weighted by Crippen LogP contribution is -2.25. The molecule has 0 aliphatic heterocycles. The van der Waals surface area contributed by atoms with Crippen molar-refractivity contribution in [1.82, 2.24) is 0 Å². The molecule has 3 fully saturated rings. The van der Waals surface area contributed by atoms with Crippen LogP contribution >= 0.6 is 0 Å². The maximum Gasteiger partial charge on any atom is 0.119 e.